The van der Waals surface area contributed by atoms with E-state index in [1.165, 1.54) is 7.11 Å². The molecule has 7 heteroatoms. The molecule has 3 rings (SSSR count). The monoisotopic (exact) mass is 250 g/mol. The third kappa shape index (κ3) is 1.30. The van der Waals surface area contributed by atoms with Crippen molar-refractivity contribution in [3.63, 3.8) is 0 Å². The Balaban J connectivity index is 2.09. The number of nitrogens with zero attached hydrogens (tertiary/aromatic N) is 2. The molecular formula is C11H10N2O5. The van der Waals surface area contributed by atoms with E-state index in [9.17, 15) is 14.4 Å². The number of Topliss-reactive ketones (excluding diaryl/α,β-unsaturated/α-hetero) is 1. The summed E-state index contributed by atoms with van der Waals surface area (Å²) in [4.78, 5) is 34.3. The summed E-state index contributed by atoms with van der Waals surface area (Å²) in [6.45, 7) is -0.239. The van der Waals surface area contributed by atoms with Gasteiger partial charge in [0.15, 0.2) is 11.5 Å². The van der Waals surface area contributed by atoms with Crippen molar-refractivity contribution >= 4 is 17.7 Å². The smallest absolute Gasteiger partial charge is 0.356 e. The Kier molecular flexibility index (Phi) is 2.07. The van der Waals surface area contributed by atoms with E-state index in [0.29, 0.717) is 12.0 Å². The maximum absolute atomic E-state index is 12.0. The summed E-state index contributed by atoms with van der Waals surface area (Å²) in [5.41, 5.74) is 0.632. The Morgan fingerprint density at radius 1 is 1.50 bits per heavy atom. The summed E-state index contributed by atoms with van der Waals surface area (Å²) in [7, 11) is 1.23. The van der Waals surface area contributed by atoms with Crippen molar-refractivity contribution in [2.24, 2.45) is 5.92 Å². The van der Waals surface area contributed by atoms with Gasteiger partial charge in [0.2, 0.25) is 0 Å². The van der Waals surface area contributed by atoms with Crippen LogP contribution in [0.3, 0.4) is 0 Å². The molecule has 0 aromatic carbocycles. The molecular weight excluding hydrogens is 240 g/mol. The number of aromatic carboxylic acids is 1. The SMILES string of the molecule is COC(=O)Cn1nc(C(=O)O)c2c1C(=O)C1CC21. The first-order chi connectivity index (χ1) is 8.54. The number of carboxylic acids is 1. The van der Waals surface area contributed by atoms with Crippen LogP contribution in [0.15, 0.2) is 0 Å². The molecule has 7 nitrogen and oxygen atoms in total. The number of ketones is 1. The average Bonchev–Trinajstić information content (AvgIpc) is 2.95. The van der Waals surface area contributed by atoms with E-state index in [2.05, 4.69) is 9.84 Å². The van der Waals surface area contributed by atoms with Gasteiger partial charge in [0.25, 0.3) is 0 Å². The molecule has 1 aromatic heterocycles. The van der Waals surface area contributed by atoms with E-state index < -0.39 is 11.9 Å². The first kappa shape index (κ1) is 10.9. The van der Waals surface area contributed by atoms with Crippen LogP contribution >= 0.6 is 0 Å². The number of carbonyl (C=O) groups is 3. The third-order valence-corrected chi connectivity index (χ3v) is 3.43. The van der Waals surface area contributed by atoms with Crippen molar-refractivity contribution in [2.45, 2.75) is 18.9 Å². The first-order valence-electron chi connectivity index (χ1n) is 5.49. The van der Waals surface area contributed by atoms with E-state index in [4.69, 9.17) is 5.11 Å². The standard InChI is InChI=1S/C11H10N2O5/c1-18-6(14)3-13-9-7(8(12-13)11(16)17)4-2-5(4)10(9)15/h4-5H,2-3H2,1H3,(H,16,17). The van der Waals surface area contributed by atoms with Crippen LogP contribution in [0.2, 0.25) is 0 Å². The van der Waals surface area contributed by atoms with Crippen molar-refractivity contribution in [3.05, 3.63) is 17.0 Å². The predicted octanol–water partition coefficient (Wildman–Crippen LogP) is 0.0541. The molecule has 18 heavy (non-hydrogen) atoms. The van der Waals surface area contributed by atoms with E-state index >= 15 is 0 Å². The Bertz CT molecular complexity index is 588. The first-order valence-corrected chi connectivity index (χ1v) is 5.49. The molecule has 1 heterocycles. The summed E-state index contributed by atoms with van der Waals surface area (Å²) in [5, 5.41) is 12.9. The highest BCUT2D eigenvalue weighted by molar-refractivity contribution is 6.07. The van der Waals surface area contributed by atoms with Crippen LogP contribution in [0.4, 0.5) is 0 Å². The highest BCUT2D eigenvalue weighted by atomic mass is 16.5. The van der Waals surface area contributed by atoms with Gasteiger partial charge in [-0.1, -0.05) is 0 Å². The van der Waals surface area contributed by atoms with Gasteiger partial charge >= 0.3 is 11.9 Å². The van der Waals surface area contributed by atoms with Gasteiger partial charge < -0.3 is 9.84 Å². The van der Waals surface area contributed by atoms with Gasteiger partial charge in [-0.15, -0.1) is 0 Å². The Morgan fingerprint density at radius 2 is 2.22 bits per heavy atom. The number of carboxylic acid groups (broad SMARTS) is 1. The zero-order valence-corrected chi connectivity index (χ0v) is 9.54. The van der Waals surface area contributed by atoms with Gasteiger partial charge in [0.05, 0.1) is 7.11 Å². The third-order valence-electron chi connectivity index (χ3n) is 3.43. The molecule has 1 fully saturated rings. The molecule has 1 N–H and O–H groups in total. The molecule has 2 atom stereocenters. The molecule has 1 aromatic rings. The summed E-state index contributed by atoms with van der Waals surface area (Å²) in [5.74, 6) is -1.98. The fourth-order valence-electron chi connectivity index (χ4n) is 2.53. The lowest BCUT2D eigenvalue weighted by Crippen LogP contribution is -2.18. The zero-order valence-electron chi connectivity index (χ0n) is 9.54. The second-order valence-corrected chi connectivity index (χ2v) is 4.46. The summed E-state index contributed by atoms with van der Waals surface area (Å²) in [6.07, 6.45) is 0.691. The minimum atomic E-state index is -1.17. The normalized spacial score (nSPS) is 23.5. The molecule has 1 saturated carbocycles. The summed E-state index contributed by atoms with van der Waals surface area (Å²) < 4.78 is 5.65. The van der Waals surface area contributed by atoms with Crippen LogP contribution in [0, 0.1) is 5.92 Å². The Labute approximate surface area is 101 Å². The lowest BCUT2D eigenvalue weighted by atomic mass is 10.1. The number of aromatic nitrogens is 2. The van der Waals surface area contributed by atoms with E-state index in [0.717, 1.165) is 4.68 Å². The zero-order chi connectivity index (χ0) is 13.0. The van der Waals surface area contributed by atoms with E-state index in [-0.39, 0.29) is 35.6 Å². The second kappa shape index (κ2) is 3.41. The molecule has 2 aliphatic rings. The van der Waals surface area contributed by atoms with Crippen LogP contribution in [0.5, 0.6) is 0 Å². The van der Waals surface area contributed by atoms with E-state index in [1.54, 1.807) is 0 Å². The van der Waals surface area contributed by atoms with Crippen LogP contribution in [-0.4, -0.2) is 39.7 Å². The van der Waals surface area contributed by atoms with Crippen molar-refractivity contribution in [1.29, 1.82) is 0 Å². The highest BCUT2D eigenvalue weighted by Gasteiger charge is 2.56. The Morgan fingerprint density at radius 3 is 2.83 bits per heavy atom. The van der Waals surface area contributed by atoms with Gasteiger partial charge in [-0.25, -0.2) is 9.48 Å². The lowest BCUT2D eigenvalue weighted by Gasteiger charge is -2.03. The number of hydrogen-bond acceptors (Lipinski definition) is 5. The van der Waals surface area contributed by atoms with Crippen LogP contribution in [0.1, 0.15) is 38.9 Å². The summed E-state index contributed by atoms with van der Waals surface area (Å²) >= 11 is 0. The molecule has 0 bridgehead atoms. The number of carbonyl (C=O) groups excluding carboxylic acids is 2. The van der Waals surface area contributed by atoms with Gasteiger partial charge in [0.1, 0.15) is 12.2 Å². The summed E-state index contributed by atoms with van der Waals surface area (Å²) in [6, 6.07) is 0. The molecule has 0 spiro atoms. The Hall–Kier alpha value is -2.18. The minimum Gasteiger partial charge on any atom is -0.476 e. The van der Waals surface area contributed by atoms with Crippen LogP contribution in [-0.2, 0) is 16.1 Å². The van der Waals surface area contributed by atoms with Gasteiger partial charge in [-0.05, 0) is 12.3 Å². The average molecular weight is 250 g/mol. The molecule has 2 aliphatic carbocycles. The van der Waals surface area contributed by atoms with Crippen molar-refractivity contribution in [2.75, 3.05) is 7.11 Å². The number of fused-ring (bicyclic) bond motifs is 3. The highest BCUT2D eigenvalue weighted by Crippen LogP contribution is 2.57. The largest absolute Gasteiger partial charge is 0.476 e. The molecule has 2 unspecified atom stereocenters. The molecule has 0 amide bonds. The fourth-order valence-corrected chi connectivity index (χ4v) is 2.53. The van der Waals surface area contributed by atoms with Crippen LogP contribution in [0.25, 0.3) is 0 Å². The molecule has 94 valence electrons. The van der Waals surface area contributed by atoms with Gasteiger partial charge in [-0.3, -0.25) is 9.59 Å². The predicted molar refractivity (Wildman–Crippen MR) is 56.4 cm³/mol. The maximum Gasteiger partial charge on any atom is 0.356 e. The quantitative estimate of drug-likeness (QED) is 0.761. The molecule has 0 aliphatic heterocycles. The molecule has 0 saturated heterocycles. The molecule has 0 radical (unpaired) electrons. The minimum absolute atomic E-state index is 0.0232. The second-order valence-electron chi connectivity index (χ2n) is 4.46. The van der Waals surface area contributed by atoms with Crippen molar-refractivity contribution in [3.8, 4) is 0 Å². The van der Waals surface area contributed by atoms with Crippen LogP contribution < -0.4 is 0 Å². The van der Waals surface area contributed by atoms with E-state index in [1.807, 2.05) is 0 Å². The topological polar surface area (TPSA) is 98.5 Å². The number of methoxy groups -OCH3 is 1. The van der Waals surface area contributed by atoms with Gasteiger partial charge in [-0.2, -0.15) is 5.10 Å². The number of rotatable bonds is 3. The van der Waals surface area contributed by atoms with Crippen molar-refractivity contribution < 1.29 is 24.2 Å². The van der Waals surface area contributed by atoms with Crippen molar-refractivity contribution in [1.82, 2.24) is 9.78 Å². The fraction of sp³-hybridized carbons (Fsp3) is 0.455. The number of hydrogen-bond donors (Lipinski definition) is 1. The lowest BCUT2D eigenvalue weighted by molar-refractivity contribution is -0.141. The van der Waals surface area contributed by atoms with Gasteiger partial charge in [0, 0.05) is 11.5 Å². The number of esters is 1. The maximum atomic E-state index is 12.0. The number of ether oxygens (including phenoxy) is 1.